The Balaban J connectivity index is 1.78. The molecular formula is C22H21Cl2N5S2. The monoisotopic (exact) mass is 489 g/mol. The molecule has 0 atom stereocenters. The molecule has 0 fully saturated rings. The highest BCUT2D eigenvalue weighted by Gasteiger charge is 2.19. The van der Waals surface area contributed by atoms with Crippen LogP contribution in [0, 0.1) is 6.92 Å². The standard InChI is InChI=1S/C22H21Cl2N5S2/c1-12(2)30-21-20(15-5-6-17(23)18(24)9-15)27-22(31-21)29-11-16(13(3)28-29)14-7-8-26-19(10-14)25-4/h5-12H,1-4H3,(H,25,26). The molecule has 0 aliphatic heterocycles. The van der Waals surface area contributed by atoms with Crippen LogP contribution in [0.4, 0.5) is 5.82 Å². The van der Waals surface area contributed by atoms with Gasteiger partial charge in [0, 0.05) is 35.8 Å². The number of rotatable bonds is 6. The first-order chi connectivity index (χ1) is 14.9. The van der Waals surface area contributed by atoms with E-state index in [-0.39, 0.29) is 0 Å². The highest BCUT2D eigenvalue weighted by Crippen LogP contribution is 2.41. The first-order valence-corrected chi connectivity index (χ1v) is 12.1. The lowest BCUT2D eigenvalue weighted by molar-refractivity contribution is 0.853. The number of anilines is 1. The van der Waals surface area contributed by atoms with Crippen LogP contribution < -0.4 is 5.32 Å². The van der Waals surface area contributed by atoms with Gasteiger partial charge in [0.05, 0.1) is 25.6 Å². The molecule has 9 heteroatoms. The Hall–Kier alpha value is -2.06. The summed E-state index contributed by atoms with van der Waals surface area (Å²) in [4.78, 5) is 9.22. The number of aryl methyl sites for hydroxylation is 1. The fourth-order valence-electron chi connectivity index (χ4n) is 3.09. The topological polar surface area (TPSA) is 55.6 Å². The highest BCUT2D eigenvalue weighted by molar-refractivity contribution is 8.01. The normalized spacial score (nSPS) is 11.3. The third kappa shape index (κ3) is 4.75. The van der Waals surface area contributed by atoms with Crippen LogP contribution >= 0.6 is 46.3 Å². The third-order valence-electron chi connectivity index (χ3n) is 4.54. The third-order valence-corrected chi connectivity index (χ3v) is 7.54. The maximum atomic E-state index is 6.27. The summed E-state index contributed by atoms with van der Waals surface area (Å²) < 4.78 is 2.97. The van der Waals surface area contributed by atoms with Gasteiger partial charge in [0.1, 0.15) is 5.82 Å². The second kappa shape index (κ2) is 9.20. The zero-order valence-electron chi connectivity index (χ0n) is 17.5. The molecule has 4 aromatic rings. The van der Waals surface area contributed by atoms with E-state index in [9.17, 15) is 0 Å². The molecule has 3 aromatic heterocycles. The van der Waals surface area contributed by atoms with Gasteiger partial charge in [-0.3, -0.25) is 0 Å². The van der Waals surface area contributed by atoms with E-state index in [2.05, 4.69) is 24.1 Å². The zero-order valence-corrected chi connectivity index (χ0v) is 20.6. The van der Waals surface area contributed by atoms with Gasteiger partial charge in [-0.25, -0.2) is 14.6 Å². The molecule has 0 bridgehead atoms. The van der Waals surface area contributed by atoms with Crippen molar-refractivity contribution in [3.05, 3.63) is 58.5 Å². The van der Waals surface area contributed by atoms with Crippen LogP contribution in [0.5, 0.6) is 0 Å². The summed E-state index contributed by atoms with van der Waals surface area (Å²) in [6, 6.07) is 9.62. The molecule has 4 rings (SSSR count). The van der Waals surface area contributed by atoms with E-state index < -0.39 is 0 Å². The van der Waals surface area contributed by atoms with Gasteiger partial charge in [-0.2, -0.15) is 5.10 Å². The molecule has 5 nitrogen and oxygen atoms in total. The Morgan fingerprint density at radius 1 is 1.10 bits per heavy atom. The second-order valence-corrected chi connectivity index (χ2v) is 10.8. The van der Waals surface area contributed by atoms with E-state index in [0.29, 0.717) is 15.3 Å². The van der Waals surface area contributed by atoms with Crippen molar-refractivity contribution in [1.29, 1.82) is 0 Å². The van der Waals surface area contributed by atoms with Crippen LogP contribution in [-0.2, 0) is 0 Å². The first kappa shape index (κ1) is 22.1. The van der Waals surface area contributed by atoms with E-state index in [1.165, 1.54) is 0 Å². The summed E-state index contributed by atoms with van der Waals surface area (Å²) in [6.45, 7) is 6.34. The van der Waals surface area contributed by atoms with Crippen molar-refractivity contribution in [2.24, 2.45) is 0 Å². The summed E-state index contributed by atoms with van der Waals surface area (Å²) in [5.41, 5.74) is 4.87. The van der Waals surface area contributed by atoms with Crippen LogP contribution in [0.15, 0.2) is 46.9 Å². The fourth-order valence-corrected chi connectivity index (χ4v) is 5.83. The Bertz CT molecular complexity index is 1230. The molecule has 1 aromatic carbocycles. The number of thioether (sulfide) groups is 1. The van der Waals surface area contributed by atoms with E-state index in [1.807, 2.05) is 49.1 Å². The van der Waals surface area contributed by atoms with Crippen molar-refractivity contribution in [2.45, 2.75) is 30.2 Å². The summed E-state index contributed by atoms with van der Waals surface area (Å²) in [6.07, 6.45) is 3.81. The summed E-state index contributed by atoms with van der Waals surface area (Å²) in [5.74, 6) is 0.816. The molecule has 0 unspecified atom stereocenters. The lowest BCUT2D eigenvalue weighted by Gasteiger charge is -2.05. The van der Waals surface area contributed by atoms with E-state index in [0.717, 1.165) is 43.2 Å². The Labute approximate surface area is 199 Å². The molecule has 0 saturated heterocycles. The number of aromatic nitrogens is 4. The highest BCUT2D eigenvalue weighted by atomic mass is 35.5. The van der Waals surface area contributed by atoms with Crippen LogP contribution in [-0.4, -0.2) is 32.0 Å². The minimum atomic E-state index is 0.418. The Morgan fingerprint density at radius 2 is 1.90 bits per heavy atom. The van der Waals surface area contributed by atoms with Crippen molar-refractivity contribution >= 4 is 52.1 Å². The number of thiazole rings is 1. The SMILES string of the molecule is CNc1cc(-c2cn(-c3nc(-c4ccc(Cl)c(Cl)c4)c(SC(C)C)s3)nc2C)ccn1. The Morgan fingerprint density at radius 3 is 2.61 bits per heavy atom. The molecule has 0 saturated carbocycles. The fraction of sp³-hybridized carbons (Fsp3) is 0.227. The van der Waals surface area contributed by atoms with E-state index in [1.54, 1.807) is 35.4 Å². The molecule has 0 aliphatic rings. The summed E-state index contributed by atoms with van der Waals surface area (Å²) in [7, 11) is 1.86. The lowest BCUT2D eigenvalue weighted by atomic mass is 10.1. The van der Waals surface area contributed by atoms with Gasteiger partial charge in [-0.1, -0.05) is 54.5 Å². The van der Waals surface area contributed by atoms with Gasteiger partial charge in [0.2, 0.25) is 5.13 Å². The van der Waals surface area contributed by atoms with E-state index >= 15 is 0 Å². The van der Waals surface area contributed by atoms with Crippen molar-refractivity contribution in [3.8, 4) is 27.5 Å². The molecule has 0 aliphatic carbocycles. The van der Waals surface area contributed by atoms with E-state index in [4.69, 9.17) is 33.3 Å². The number of nitrogens with zero attached hydrogens (tertiary/aromatic N) is 4. The smallest absolute Gasteiger partial charge is 0.211 e. The van der Waals surface area contributed by atoms with Crippen molar-refractivity contribution < 1.29 is 0 Å². The predicted octanol–water partition coefficient (Wildman–Crippen LogP) is 7.22. The van der Waals surface area contributed by atoms with Crippen LogP contribution in [0.1, 0.15) is 19.5 Å². The van der Waals surface area contributed by atoms with Crippen LogP contribution in [0.3, 0.4) is 0 Å². The number of hydrogen-bond acceptors (Lipinski definition) is 6. The quantitative estimate of drug-likeness (QED) is 0.289. The van der Waals surface area contributed by atoms with Gasteiger partial charge >= 0.3 is 0 Å². The molecule has 1 N–H and O–H groups in total. The van der Waals surface area contributed by atoms with Crippen LogP contribution in [0.2, 0.25) is 10.0 Å². The van der Waals surface area contributed by atoms with Gasteiger partial charge in [-0.15, -0.1) is 11.8 Å². The molecule has 3 heterocycles. The minimum absolute atomic E-state index is 0.418. The summed E-state index contributed by atoms with van der Waals surface area (Å²) >= 11 is 15.8. The lowest BCUT2D eigenvalue weighted by Crippen LogP contribution is -1.94. The average molecular weight is 490 g/mol. The number of pyridine rings is 1. The molecular weight excluding hydrogens is 469 g/mol. The number of hydrogen-bond donors (Lipinski definition) is 1. The minimum Gasteiger partial charge on any atom is -0.373 e. The van der Waals surface area contributed by atoms with Crippen molar-refractivity contribution in [1.82, 2.24) is 19.7 Å². The molecule has 0 amide bonds. The maximum absolute atomic E-state index is 6.27. The van der Waals surface area contributed by atoms with Gasteiger partial charge in [0.25, 0.3) is 0 Å². The zero-order chi connectivity index (χ0) is 22.1. The van der Waals surface area contributed by atoms with Crippen molar-refractivity contribution in [3.63, 3.8) is 0 Å². The summed E-state index contributed by atoms with van der Waals surface area (Å²) in [5, 5.41) is 10.1. The number of benzene rings is 1. The maximum Gasteiger partial charge on any atom is 0.211 e. The largest absolute Gasteiger partial charge is 0.373 e. The van der Waals surface area contributed by atoms with Gasteiger partial charge < -0.3 is 5.32 Å². The molecule has 0 radical (unpaired) electrons. The van der Waals surface area contributed by atoms with Crippen molar-refractivity contribution in [2.75, 3.05) is 12.4 Å². The average Bonchev–Trinajstić information content (AvgIpc) is 3.33. The second-order valence-electron chi connectivity index (χ2n) is 7.18. The van der Waals surface area contributed by atoms with Gasteiger partial charge in [-0.05, 0) is 36.8 Å². The first-order valence-electron chi connectivity index (χ1n) is 9.69. The van der Waals surface area contributed by atoms with Gasteiger partial charge in [0.15, 0.2) is 0 Å². The number of nitrogens with one attached hydrogen (secondary N) is 1. The van der Waals surface area contributed by atoms with Crippen LogP contribution in [0.25, 0.3) is 27.5 Å². The number of halogens is 2. The Kier molecular flexibility index (Phi) is 6.57. The molecule has 160 valence electrons. The molecule has 0 spiro atoms. The molecule has 31 heavy (non-hydrogen) atoms. The predicted molar refractivity (Wildman–Crippen MR) is 133 cm³/mol.